The van der Waals surface area contributed by atoms with E-state index in [1.54, 1.807) is 60.7 Å². The molecule has 0 aliphatic heterocycles. The molecule has 0 bridgehead atoms. The fraction of sp³-hybridized carbons (Fsp3) is 0.0769. The van der Waals surface area contributed by atoms with Crippen LogP contribution in [-0.2, 0) is 5.41 Å². The molecular weight excluding hydrogens is 722 g/mol. The van der Waals surface area contributed by atoms with Crippen LogP contribution in [0.15, 0.2) is 146 Å². The Balaban J connectivity index is 1.32. The predicted octanol–water partition coefficient (Wildman–Crippen LogP) is 12.0. The monoisotopic (exact) mass is 746 g/mol. The van der Waals surface area contributed by atoms with Crippen molar-refractivity contribution in [3.63, 3.8) is 0 Å². The van der Waals surface area contributed by atoms with Gasteiger partial charge in [0.2, 0.25) is 5.41 Å². The van der Waals surface area contributed by atoms with Crippen LogP contribution in [0.5, 0.6) is 34.5 Å². The van der Waals surface area contributed by atoms with Gasteiger partial charge in [0.25, 0.3) is 11.4 Å². The third kappa shape index (κ3) is 7.65. The Morgan fingerprint density at radius 1 is 0.407 bits per heavy atom. The molecule has 0 aliphatic rings. The highest BCUT2D eigenvalue weighted by molar-refractivity contribution is 5.68. The number of nitro groups is 2. The summed E-state index contributed by atoms with van der Waals surface area (Å²) in [5, 5.41) is 23.1. The Morgan fingerprint density at radius 3 is 1.19 bits per heavy atom. The smallest absolute Gasteiger partial charge is 0.411 e. The van der Waals surface area contributed by atoms with Gasteiger partial charge in [-0.15, -0.1) is 0 Å². The summed E-state index contributed by atoms with van der Waals surface area (Å²) in [5.74, 6) is -0.330. The molecule has 0 heterocycles. The van der Waals surface area contributed by atoms with Gasteiger partial charge in [0.05, 0.1) is 28.0 Å². The molecule has 0 saturated carbocycles. The minimum atomic E-state index is -5.91. The first kappa shape index (κ1) is 36.9. The van der Waals surface area contributed by atoms with Gasteiger partial charge in [-0.05, 0) is 64.7 Å². The fourth-order valence-corrected chi connectivity index (χ4v) is 5.75. The number of nitro benzene ring substituents is 2. The Bertz CT molecular complexity index is 2270. The third-order valence-electron chi connectivity index (χ3n) is 8.16. The molecule has 15 heteroatoms. The van der Waals surface area contributed by atoms with Crippen molar-refractivity contribution in [1.29, 1.82) is 0 Å². The molecule has 0 amide bonds. The second-order valence-electron chi connectivity index (χ2n) is 11.7. The number of benzene rings is 6. The van der Waals surface area contributed by atoms with Gasteiger partial charge in [-0.25, -0.2) is 0 Å². The molecule has 274 valence electrons. The van der Waals surface area contributed by atoms with Crippen molar-refractivity contribution in [2.24, 2.45) is 0 Å². The maximum absolute atomic E-state index is 14.9. The Kier molecular flexibility index (Phi) is 9.98. The SMILES string of the molecule is O=[N+]([O-])c1cc(Oc2ccccc2)cc(Oc2ccc(C(c3ccc(Oc4cc(-c5ccccc5)cc([N+](=O)[O-])c4)cc3)(C(F)(F)F)C(F)(F)F)cc2)c1. The van der Waals surface area contributed by atoms with E-state index in [1.807, 2.05) is 0 Å². The Hall–Kier alpha value is -6.90. The Labute approximate surface area is 301 Å². The highest BCUT2D eigenvalue weighted by Gasteiger charge is 2.72. The first-order valence-corrected chi connectivity index (χ1v) is 15.7. The molecule has 0 saturated heterocycles. The molecule has 9 nitrogen and oxygen atoms in total. The highest BCUT2D eigenvalue weighted by atomic mass is 19.4. The summed E-state index contributed by atoms with van der Waals surface area (Å²) in [6.45, 7) is 0. The average Bonchev–Trinajstić information content (AvgIpc) is 3.12. The molecule has 0 atom stereocenters. The highest BCUT2D eigenvalue weighted by Crippen LogP contribution is 2.56. The lowest BCUT2D eigenvalue weighted by Gasteiger charge is -2.38. The van der Waals surface area contributed by atoms with E-state index in [9.17, 15) is 46.6 Å². The van der Waals surface area contributed by atoms with E-state index < -0.39 is 44.4 Å². The van der Waals surface area contributed by atoms with Crippen molar-refractivity contribution in [3.8, 4) is 45.6 Å². The first-order chi connectivity index (χ1) is 25.6. The van der Waals surface area contributed by atoms with Crippen LogP contribution in [-0.4, -0.2) is 22.2 Å². The van der Waals surface area contributed by atoms with E-state index in [4.69, 9.17) is 14.2 Å². The second kappa shape index (κ2) is 14.6. The first-order valence-electron chi connectivity index (χ1n) is 15.7. The van der Waals surface area contributed by atoms with E-state index in [1.165, 1.54) is 18.2 Å². The van der Waals surface area contributed by atoms with E-state index in [0.29, 0.717) is 41.1 Å². The third-order valence-corrected chi connectivity index (χ3v) is 8.16. The maximum Gasteiger partial charge on any atom is 0.411 e. The number of hydrogen-bond acceptors (Lipinski definition) is 7. The molecule has 0 N–H and O–H groups in total. The largest absolute Gasteiger partial charge is 0.457 e. The van der Waals surface area contributed by atoms with E-state index in [2.05, 4.69) is 0 Å². The zero-order valence-electron chi connectivity index (χ0n) is 27.4. The number of nitrogens with zero attached hydrogens (tertiary/aromatic N) is 2. The molecule has 0 radical (unpaired) electrons. The number of halogens is 6. The van der Waals surface area contributed by atoms with Crippen molar-refractivity contribution >= 4 is 11.4 Å². The molecular formula is C39H24F6N2O7. The minimum absolute atomic E-state index is 0.00951. The summed E-state index contributed by atoms with van der Waals surface area (Å²) < 4.78 is 106. The molecule has 0 unspecified atom stereocenters. The van der Waals surface area contributed by atoms with Crippen LogP contribution < -0.4 is 14.2 Å². The van der Waals surface area contributed by atoms with Gasteiger partial charge in [-0.2, -0.15) is 26.3 Å². The standard InChI is InChI=1S/C39H24F6N2O7/c40-38(41,42)37(39(43,44)45,27-11-15-32(16-12-27)53-34-20-26(19-29(21-34)46(48)49)25-7-3-1-4-8-25)28-13-17-33(18-14-28)54-36-23-30(47(50)51)22-35(24-36)52-31-9-5-2-6-10-31/h1-24H. The quantitative estimate of drug-likeness (QED) is 0.0736. The second-order valence-corrected chi connectivity index (χ2v) is 11.7. The molecule has 0 aromatic heterocycles. The normalized spacial score (nSPS) is 11.8. The molecule has 6 aromatic carbocycles. The van der Waals surface area contributed by atoms with Gasteiger partial charge in [0, 0.05) is 12.1 Å². The summed E-state index contributed by atoms with van der Waals surface area (Å²) in [4.78, 5) is 21.8. The summed E-state index contributed by atoms with van der Waals surface area (Å²) in [6, 6.07) is 30.0. The van der Waals surface area contributed by atoms with Crippen molar-refractivity contribution in [3.05, 3.63) is 177 Å². The number of alkyl halides is 6. The molecule has 0 fully saturated rings. The van der Waals surface area contributed by atoms with Crippen molar-refractivity contribution in [1.82, 2.24) is 0 Å². The van der Waals surface area contributed by atoms with E-state index >= 15 is 0 Å². The van der Waals surface area contributed by atoms with Gasteiger partial charge in [-0.1, -0.05) is 72.8 Å². The molecule has 6 aromatic rings. The van der Waals surface area contributed by atoms with Crippen LogP contribution in [0.4, 0.5) is 37.7 Å². The molecule has 54 heavy (non-hydrogen) atoms. The number of hydrogen-bond donors (Lipinski definition) is 0. The van der Waals surface area contributed by atoms with Crippen LogP contribution in [0, 0.1) is 20.2 Å². The summed E-state index contributed by atoms with van der Waals surface area (Å²) in [6.07, 6.45) is -11.8. The lowest BCUT2D eigenvalue weighted by molar-refractivity contribution is -0.385. The van der Waals surface area contributed by atoms with E-state index in [-0.39, 0.29) is 34.4 Å². The topological polar surface area (TPSA) is 114 Å². The number of ether oxygens (including phenoxy) is 3. The molecule has 0 spiro atoms. The maximum atomic E-state index is 14.9. The molecule has 6 rings (SSSR count). The minimum Gasteiger partial charge on any atom is -0.457 e. The predicted molar refractivity (Wildman–Crippen MR) is 184 cm³/mol. The van der Waals surface area contributed by atoms with Crippen LogP contribution in [0.3, 0.4) is 0 Å². The van der Waals surface area contributed by atoms with Crippen LogP contribution >= 0.6 is 0 Å². The van der Waals surface area contributed by atoms with Crippen LogP contribution in [0.25, 0.3) is 11.1 Å². The van der Waals surface area contributed by atoms with Gasteiger partial charge in [0.1, 0.15) is 34.5 Å². The van der Waals surface area contributed by atoms with Gasteiger partial charge >= 0.3 is 12.4 Å². The molecule has 0 aliphatic carbocycles. The lowest BCUT2D eigenvalue weighted by atomic mass is 9.73. The number of para-hydroxylation sites is 1. The number of rotatable bonds is 11. The summed E-state index contributed by atoms with van der Waals surface area (Å²) in [5.41, 5.74) is -6.71. The summed E-state index contributed by atoms with van der Waals surface area (Å²) >= 11 is 0. The average molecular weight is 747 g/mol. The number of non-ortho nitro benzene ring substituents is 2. The van der Waals surface area contributed by atoms with Crippen molar-refractivity contribution in [2.75, 3.05) is 0 Å². The van der Waals surface area contributed by atoms with Gasteiger partial charge < -0.3 is 14.2 Å². The van der Waals surface area contributed by atoms with E-state index in [0.717, 1.165) is 42.5 Å². The van der Waals surface area contributed by atoms with Gasteiger partial charge in [0.15, 0.2) is 0 Å². The summed E-state index contributed by atoms with van der Waals surface area (Å²) in [7, 11) is 0. The fourth-order valence-electron chi connectivity index (χ4n) is 5.75. The Morgan fingerprint density at radius 2 is 0.778 bits per heavy atom. The zero-order chi connectivity index (χ0) is 38.7. The van der Waals surface area contributed by atoms with Gasteiger partial charge in [-0.3, -0.25) is 20.2 Å². The van der Waals surface area contributed by atoms with Crippen molar-refractivity contribution in [2.45, 2.75) is 17.8 Å². The van der Waals surface area contributed by atoms with Crippen molar-refractivity contribution < 1.29 is 50.4 Å². The van der Waals surface area contributed by atoms with Crippen LogP contribution in [0.2, 0.25) is 0 Å². The lowest BCUT2D eigenvalue weighted by Crippen LogP contribution is -2.54. The zero-order valence-corrected chi connectivity index (χ0v) is 27.4. The van der Waals surface area contributed by atoms with Crippen LogP contribution in [0.1, 0.15) is 11.1 Å².